The Kier molecular flexibility index (Phi) is 4.09. The highest BCUT2D eigenvalue weighted by Gasteiger charge is 2.20. The first kappa shape index (κ1) is 12.7. The summed E-state index contributed by atoms with van der Waals surface area (Å²) in [4.78, 5) is 2.46. The van der Waals surface area contributed by atoms with Gasteiger partial charge in [0.25, 0.3) is 11.9 Å². The van der Waals surface area contributed by atoms with Gasteiger partial charge in [-0.3, -0.25) is 0 Å². The molecular formula is C10H12F4N2. The van der Waals surface area contributed by atoms with Gasteiger partial charge in [0, 0.05) is 6.54 Å². The zero-order chi connectivity index (χ0) is 12.3. The van der Waals surface area contributed by atoms with Crippen molar-refractivity contribution in [2.75, 3.05) is 11.9 Å². The Morgan fingerprint density at radius 2 is 1.62 bits per heavy atom. The Bertz CT molecular complexity index is 355. The molecule has 1 unspecified atom stereocenters. The van der Waals surface area contributed by atoms with E-state index in [1.54, 1.807) is 0 Å². The summed E-state index contributed by atoms with van der Waals surface area (Å²) in [7, 11) is 0. The first-order valence-corrected chi connectivity index (χ1v) is 4.91. The molecule has 0 saturated heterocycles. The van der Waals surface area contributed by atoms with Crippen molar-refractivity contribution in [3.05, 3.63) is 23.5 Å². The molecule has 0 spiro atoms. The van der Waals surface area contributed by atoms with E-state index in [0.29, 0.717) is 0 Å². The second-order valence-electron chi connectivity index (χ2n) is 3.59. The molecule has 90 valence electrons. The van der Waals surface area contributed by atoms with Crippen molar-refractivity contribution in [2.45, 2.75) is 20.3 Å². The highest BCUT2D eigenvalue weighted by Crippen LogP contribution is 2.22. The minimum absolute atomic E-state index is 0.137. The number of rotatable bonds is 4. The molecule has 0 radical (unpaired) electrons. The number of hydrogen-bond acceptors (Lipinski definition) is 2. The molecule has 0 aliphatic carbocycles. The van der Waals surface area contributed by atoms with E-state index >= 15 is 0 Å². The van der Waals surface area contributed by atoms with Crippen LogP contribution in [0.2, 0.25) is 0 Å². The van der Waals surface area contributed by atoms with Crippen LogP contribution in [0.25, 0.3) is 0 Å². The fourth-order valence-electron chi connectivity index (χ4n) is 1.06. The molecule has 0 bridgehead atoms. The van der Waals surface area contributed by atoms with Gasteiger partial charge in [-0.2, -0.15) is 22.5 Å². The third-order valence-corrected chi connectivity index (χ3v) is 2.32. The van der Waals surface area contributed by atoms with Crippen LogP contribution >= 0.6 is 0 Å². The van der Waals surface area contributed by atoms with Crippen LogP contribution in [0.3, 0.4) is 0 Å². The number of aromatic nitrogens is 1. The first-order chi connectivity index (χ1) is 7.47. The molecule has 0 aliphatic rings. The van der Waals surface area contributed by atoms with Gasteiger partial charge in [0.1, 0.15) is 5.69 Å². The lowest BCUT2D eigenvalue weighted by atomic mass is 10.1. The van der Waals surface area contributed by atoms with Crippen molar-refractivity contribution in [2.24, 2.45) is 5.92 Å². The Morgan fingerprint density at radius 3 is 2.06 bits per heavy atom. The SMILES string of the molecule is CCC(C)CNc1c(F)c(F)nc(F)c1F. The summed E-state index contributed by atoms with van der Waals surface area (Å²) in [6.45, 7) is 3.97. The van der Waals surface area contributed by atoms with Gasteiger partial charge in [0.2, 0.25) is 11.6 Å². The summed E-state index contributed by atoms with van der Waals surface area (Å²) < 4.78 is 51.6. The van der Waals surface area contributed by atoms with Crippen molar-refractivity contribution in [3.8, 4) is 0 Å². The van der Waals surface area contributed by atoms with Crippen LogP contribution in [0.4, 0.5) is 23.2 Å². The second-order valence-corrected chi connectivity index (χ2v) is 3.59. The lowest BCUT2D eigenvalue weighted by Gasteiger charge is -2.12. The molecule has 1 N–H and O–H groups in total. The van der Waals surface area contributed by atoms with Crippen LogP contribution in [-0.4, -0.2) is 11.5 Å². The van der Waals surface area contributed by atoms with E-state index in [1.165, 1.54) is 0 Å². The van der Waals surface area contributed by atoms with Gasteiger partial charge in [-0.15, -0.1) is 0 Å². The van der Waals surface area contributed by atoms with Crippen molar-refractivity contribution in [1.29, 1.82) is 0 Å². The Labute approximate surface area is 90.7 Å². The molecule has 1 heterocycles. The molecule has 0 fully saturated rings. The van der Waals surface area contributed by atoms with Gasteiger partial charge in [-0.25, -0.2) is 0 Å². The third-order valence-electron chi connectivity index (χ3n) is 2.32. The first-order valence-electron chi connectivity index (χ1n) is 4.91. The molecule has 16 heavy (non-hydrogen) atoms. The zero-order valence-corrected chi connectivity index (χ0v) is 8.95. The smallest absolute Gasteiger partial charge is 0.253 e. The molecule has 1 aromatic rings. The standard InChI is InChI=1S/C10H12F4N2/c1-3-5(2)4-15-8-6(11)9(13)16-10(14)7(8)12/h5H,3-4H2,1-2H3,(H,15,16). The number of anilines is 1. The second kappa shape index (κ2) is 5.14. The molecule has 0 saturated carbocycles. The van der Waals surface area contributed by atoms with E-state index in [0.717, 1.165) is 6.42 Å². The molecular weight excluding hydrogens is 224 g/mol. The topological polar surface area (TPSA) is 24.9 Å². The number of halogens is 4. The molecule has 0 aliphatic heterocycles. The van der Waals surface area contributed by atoms with Gasteiger partial charge in [0.15, 0.2) is 0 Å². The quantitative estimate of drug-likeness (QED) is 0.641. The summed E-state index contributed by atoms with van der Waals surface area (Å²) >= 11 is 0. The van der Waals surface area contributed by atoms with Crippen LogP contribution in [0.1, 0.15) is 20.3 Å². The fourth-order valence-corrected chi connectivity index (χ4v) is 1.06. The average Bonchev–Trinajstić information content (AvgIpc) is 2.26. The highest BCUT2D eigenvalue weighted by atomic mass is 19.2. The van der Waals surface area contributed by atoms with Gasteiger partial charge in [-0.05, 0) is 5.92 Å². The van der Waals surface area contributed by atoms with Gasteiger partial charge < -0.3 is 5.32 Å². The zero-order valence-electron chi connectivity index (χ0n) is 8.95. The van der Waals surface area contributed by atoms with E-state index in [9.17, 15) is 17.6 Å². The fraction of sp³-hybridized carbons (Fsp3) is 0.500. The van der Waals surface area contributed by atoms with Gasteiger partial charge >= 0.3 is 0 Å². The normalized spacial score (nSPS) is 12.6. The summed E-state index contributed by atoms with van der Waals surface area (Å²) in [5.41, 5.74) is -0.801. The molecule has 1 aromatic heterocycles. The number of nitrogens with one attached hydrogen (secondary N) is 1. The maximum absolute atomic E-state index is 13.1. The summed E-state index contributed by atoms with van der Waals surface area (Å²) in [5, 5.41) is 2.34. The number of pyridine rings is 1. The predicted molar refractivity (Wildman–Crippen MR) is 52.0 cm³/mol. The molecule has 6 heteroatoms. The summed E-state index contributed by atoms with van der Waals surface area (Å²) in [6, 6.07) is 0. The third kappa shape index (κ3) is 2.62. The van der Waals surface area contributed by atoms with Crippen molar-refractivity contribution < 1.29 is 17.6 Å². The summed E-state index contributed by atoms with van der Waals surface area (Å²) in [5.74, 6) is -6.15. The lowest BCUT2D eigenvalue weighted by Crippen LogP contribution is -2.15. The van der Waals surface area contributed by atoms with E-state index in [2.05, 4.69) is 10.3 Å². The lowest BCUT2D eigenvalue weighted by molar-refractivity contribution is 0.409. The van der Waals surface area contributed by atoms with E-state index in [-0.39, 0.29) is 12.5 Å². The van der Waals surface area contributed by atoms with Crippen LogP contribution < -0.4 is 5.32 Å². The van der Waals surface area contributed by atoms with Gasteiger partial charge in [0.05, 0.1) is 0 Å². The van der Waals surface area contributed by atoms with Gasteiger partial charge in [-0.1, -0.05) is 20.3 Å². The van der Waals surface area contributed by atoms with Crippen molar-refractivity contribution in [3.63, 3.8) is 0 Å². The average molecular weight is 236 g/mol. The van der Waals surface area contributed by atoms with Crippen LogP contribution in [0.5, 0.6) is 0 Å². The largest absolute Gasteiger partial charge is 0.380 e. The Morgan fingerprint density at radius 1 is 1.12 bits per heavy atom. The Hall–Kier alpha value is -1.33. The molecule has 0 amide bonds. The van der Waals surface area contributed by atoms with Crippen LogP contribution in [-0.2, 0) is 0 Å². The van der Waals surface area contributed by atoms with Crippen molar-refractivity contribution >= 4 is 5.69 Å². The van der Waals surface area contributed by atoms with E-state index in [1.807, 2.05) is 13.8 Å². The molecule has 1 rings (SSSR count). The molecule has 0 aromatic carbocycles. The number of nitrogens with zero attached hydrogens (tertiary/aromatic N) is 1. The maximum atomic E-state index is 13.1. The van der Waals surface area contributed by atoms with Crippen molar-refractivity contribution in [1.82, 2.24) is 4.98 Å². The van der Waals surface area contributed by atoms with Crippen LogP contribution in [0.15, 0.2) is 0 Å². The molecule has 2 nitrogen and oxygen atoms in total. The number of hydrogen-bond donors (Lipinski definition) is 1. The van der Waals surface area contributed by atoms with E-state index in [4.69, 9.17) is 0 Å². The monoisotopic (exact) mass is 236 g/mol. The summed E-state index contributed by atoms with van der Waals surface area (Å²) in [6.07, 6.45) is 0.784. The maximum Gasteiger partial charge on any atom is 0.253 e. The van der Waals surface area contributed by atoms with E-state index < -0.39 is 29.2 Å². The minimum Gasteiger partial charge on any atom is -0.380 e. The predicted octanol–water partition coefficient (Wildman–Crippen LogP) is 3.10. The van der Waals surface area contributed by atoms with Crippen LogP contribution in [0, 0.1) is 29.4 Å². The Balaban J connectivity index is 2.94. The minimum atomic E-state index is -1.65. The molecule has 1 atom stereocenters. The highest BCUT2D eigenvalue weighted by molar-refractivity contribution is 5.45.